The Morgan fingerprint density at radius 2 is 1.94 bits per heavy atom. The lowest BCUT2D eigenvalue weighted by Crippen LogP contribution is -2.16. The first-order valence-electron chi connectivity index (χ1n) is 8.88. The van der Waals surface area contributed by atoms with Gasteiger partial charge in [-0.05, 0) is 30.3 Å². The van der Waals surface area contributed by atoms with E-state index in [1.807, 2.05) is 0 Å². The van der Waals surface area contributed by atoms with Gasteiger partial charge in [0.15, 0.2) is 17.2 Å². The number of halogens is 1. The zero-order valence-electron chi connectivity index (χ0n) is 16.3. The number of aromatic nitrogens is 4. The summed E-state index contributed by atoms with van der Waals surface area (Å²) in [5, 5.41) is 10.3. The molecule has 10 nitrogen and oxygen atoms in total. The van der Waals surface area contributed by atoms with Crippen LogP contribution >= 0.6 is 15.9 Å². The van der Waals surface area contributed by atoms with E-state index < -0.39 is 11.6 Å². The van der Waals surface area contributed by atoms with Crippen LogP contribution < -0.4 is 20.9 Å². The Bertz CT molecular complexity index is 1390. The van der Waals surface area contributed by atoms with Gasteiger partial charge < -0.3 is 25.3 Å². The maximum atomic E-state index is 12.8. The fourth-order valence-corrected chi connectivity index (χ4v) is 3.53. The minimum Gasteiger partial charge on any atom is -0.507 e. The number of rotatable bonds is 5. The molecule has 31 heavy (non-hydrogen) atoms. The van der Waals surface area contributed by atoms with Crippen LogP contribution in [0.2, 0.25) is 0 Å². The molecule has 0 bridgehead atoms. The van der Waals surface area contributed by atoms with E-state index in [0.717, 1.165) is 0 Å². The van der Waals surface area contributed by atoms with Crippen molar-refractivity contribution in [1.82, 2.24) is 19.5 Å². The molecule has 158 valence electrons. The van der Waals surface area contributed by atoms with Gasteiger partial charge in [-0.3, -0.25) is 4.79 Å². The van der Waals surface area contributed by atoms with Crippen LogP contribution in [0.1, 0.15) is 10.5 Å². The highest BCUT2D eigenvalue weighted by atomic mass is 79.9. The molecule has 0 unspecified atom stereocenters. The average molecular weight is 486 g/mol. The van der Waals surface area contributed by atoms with Crippen molar-refractivity contribution in [1.29, 1.82) is 0 Å². The van der Waals surface area contributed by atoms with Gasteiger partial charge in [0.2, 0.25) is 0 Å². The molecule has 0 aliphatic rings. The number of H-pyrrole nitrogens is 1. The highest BCUT2D eigenvalue weighted by molar-refractivity contribution is 9.10. The Morgan fingerprint density at radius 1 is 1.16 bits per heavy atom. The molecule has 0 atom stereocenters. The van der Waals surface area contributed by atoms with Crippen molar-refractivity contribution in [3.05, 3.63) is 57.0 Å². The van der Waals surface area contributed by atoms with Gasteiger partial charge in [0, 0.05) is 10.5 Å². The molecular formula is C20H16BrN5O5. The number of hydrogen-bond donors (Lipinski definition) is 3. The Labute approximate surface area is 183 Å². The monoisotopic (exact) mass is 485 g/mol. The summed E-state index contributed by atoms with van der Waals surface area (Å²) in [6, 6.07) is 9.56. The first-order valence-corrected chi connectivity index (χ1v) is 9.67. The number of hydrogen-bond acceptors (Lipinski definition) is 7. The van der Waals surface area contributed by atoms with Crippen molar-refractivity contribution < 1.29 is 19.4 Å². The Balaban J connectivity index is 2.08. The highest BCUT2D eigenvalue weighted by Gasteiger charge is 2.23. The normalized spacial score (nSPS) is 10.9. The summed E-state index contributed by atoms with van der Waals surface area (Å²) >= 11 is 3.33. The largest absolute Gasteiger partial charge is 0.507 e. The summed E-state index contributed by atoms with van der Waals surface area (Å²) < 4.78 is 12.5. The van der Waals surface area contributed by atoms with E-state index in [2.05, 4.69) is 30.9 Å². The fourth-order valence-electron chi connectivity index (χ4n) is 3.16. The number of methoxy groups -OCH3 is 2. The van der Waals surface area contributed by atoms with Gasteiger partial charge in [0.25, 0.3) is 5.91 Å². The van der Waals surface area contributed by atoms with E-state index >= 15 is 0 Å². The van der Waals surface area contributed by atoms with Gasteiger partial charge in [-0.1, -0.05) is 15.9 Å². The number of nitrogens with zero attached hydrogens (tertiary/aromatic N) is 3. The second-order valence-corrected chi connectivity index (χ2v) is 7.34. The van der Waals surface area contributed by atoms with Crippen LogP contribution in [-0.4, -0.2) is 44.8 Å². The van der Waals surface area contributed by atoms with Crippen LogP contribution in [-0.2, 0) is 0 Å². The van der Waals surface area contributed by atoms with Crippen molar-refractivity contribution in [2.24, 2.45) is 5.73 Å². The standard InChI is InChI=1S/C20H16BrN5O5/c1-30-10-4-5-12(14(8-10)31-2)26-19-16(24-20(26)29)15(17(22)28)23-18(25-19)11-7-9(21)3-6-13(11)27/h3-8,27H,1-2H3,(H2,22,28)(H,24,29). The third-order valence-corrected chi connectivity index (χ3v) is 5.09. The SMILES string of the molecule is COc1ccc(-n2c(=O)[nH]c3c(C(N)=O)nc(-c4cc(Br)ccc4O)nc32)c(OC)c1. The van der Waals surface area contributed by atoms with E-state index in [1.54, 1.807) is 30.3 Å². The summed E-state index contributed by atoms with van der Waals surface area (Å²) in [6.45, 7) is 0. The number of fused-ring (bicyclic) bond motifs is 1. The number of carbonyl (C=O) groups excluding carboxylic acids is 1. The van der Waals surface area contributed by atoms with Crippen LogP contribution in [0.3, 0.4) is 0 Å². The molecule has 4 N–H and O–H groups in total. The first-order chi connectivity index (χ1) is 14.8. The van der Waals surface area contributed by atoms with E-state index in [-0.39, 0.29) is 34.0 Å². The molecule has 2 heterocycles. The maximum absolute atomic E-state index is 12.8. The Morgan fingerprint density at radius 3 is 2.61 bits per heavy atom. The number of nitrogens with one attached hydrogen (secondary N) is 1. The molecule has 0 spiro atoms. The van der Waals surface area contributed by atoms with Crippen molar-refractivity contribution in [2.75, 3.05) is 14.2 Å². The van der Waals surface area contributed by atoms with E-state index in [1.165, 1.54) is 24.9 Å². The predicted octanol–water partition coefficient (Wildman–Crippen LogP) is 2.36. The van der Waals surface area contributed by atoms with Crippen molar-refractivity contribution in [2.45, 2.75) is 0 Å². The molecule has 1 amide bonds. The average Bonchev–Trinajstić information content (AvgIpc) is 3.09. The molecule has 0 radical (unpaired) electrons. The number of phenols is 1. The molecule has 2 aromatic carbocycles. The quantitative estimate of drug-likeness (QED) is 0.393. The maximum Gasteiger partial charge on any atom is 0.332 e. The second-order valence-electron chi connectivity index (χ2n) is 6.42. The molecule has 4 aromatic rings. The molecular weight excluding hydrogens is 470 g/mol. The van der Waals surface area contributed by atoms with E-state index in [4.69, 9.17) is 15.2 Å². The lowest BCUT2D eigenvalue weighted by Gasteiger charge is -2.12. The zero-order chi connectivity index (χ0) is 22.3. The molecule has 0 saturated carbocycles. The van der Waals surface area contributed by atoms with Crippen LogP contribution in [0.4, 0.5) is 0 Å². The van der Waals surface area contributed by atoms with Gasteiger partial charge in [-0.15, -0.1) is 0 Å². The topological polar surface area (TPSA) is 145 Å². The number of aromatic hydroxyl groups is 1. The van der Waals surface area contributed by atoms with Gasteiger partial charge in [-0.25, -0.2) is 19.3 Å². The van der Waals surface area contributed by atoms with Gasteiger partial charge >= 0.3 is 5.69 Å². The third-order valence-electron chi connectivity index (χ3n) is 4.60. The van der Waals surface area contributed by atoms with Gasteiger partial charge in [0.1, 0.15) is 22.8 Å². The molecule has 2 aromatic heterocycles. The minimum absolute atomic E-state index is 0.0142. The van der Waals surface area contributed by atoms with Gasteiger partial charge in [-0.2, -0.15) is 0 Å². The highest BCUT2D eigenvalue weighted by Crippen LogP contribution is 2.33. The predicted molar refractivity (Wildman–Crippen MR) is 116 cm³/mol. The number of aromatic amines is 1. The smallest absolute Gasteiger partial charge is 0.332 e. The fraction of sp³-hybridized carbons (Fsp3) is 0.100. The lowest BCUT2D eigenvalue weighted by atomic mass is 10.2. The first kappa shape index (κ1) is 20.4. The number of primary amides is 1. The van der Waals surface area contributed by atoms with Crippen molar-refractivity contribution in [3.63, 3.8) is 0 Å². The van der Waals surface area contributed by atoms with E-state index in [9.17, 15) is 14.7 Å². The van der Waals surface area contributed by atoms with Crippen LogP contribution in [0.5, 0.6) is 17.2 Å². The summed E-state index contributed by atoms with van der Waals surface area (Å²) in [5.74, 6) is -0.0860. The molecule has 0 fully saturated rings. The number of phenolic OH excluding ortho intramolecular Hbond substituents is 1. The van der Waals surface area contributed by atoms with Gasteiger partial charge in [0.05, 0.1) is 25.5 Å². The number of amides is 1. The molecule has 0 aliphatic heterocycles. The number of carbonyl (C=O) groups is 1. The summed E-state index contributed by atoms with van der Waals surface area (Å²) in [4.78, 5) is 36.2. The van der Waals surface area contributed by atoms with Crippen LogP contribution in [0, 0.1) is 0 Å². The van der Waals surface area contributed by atoms with Crippen LogP contribution in [0.15, 0.2) is 45.7 Å². The summed E-state index contributed by atoms with van der Waals surface area (Å²) in [7, 11) is 2.96. The zero-order valence-corrected chi connectivity index (χ0v) is 17.9. The summed E-state index contributed by atoms with van der Waals surface area (Å²) in [6.07, 6.45) is 0. The number of imidazole rings is 1. The minimum atomic E-state index is -0.863. The molecule has 4 rings (SSSR count). The lowest BCUT2D eigenvalue weighted by molar-refractivity contribution is 0.0997. The Hall–Kier alpha value is -3.86. The molecule has 11 heteroatoms. The number of benzene rings is 2. The van der Waals surface area contributed by atoms with Crippen LogP contribution in [0.25, 0.3) is 28.2 Å². The van der Waals surface area contributed by atoms with E-state index in [0.29, 0.717) is 21.7 Å². The number of nitrogens with two attached hydrogens (primary N) is 1. The molecule has 0 saturated heterocycles. The van der Waals surface area contributed by atoms with Crippen molar-refractivity contribution >= 4 is 33.0 Å². The molecule has 0 aliphatic carbocycles. The van der Waals surface area contributed by atoms with Crippen molar-refractivity contribution in [3.8, 4) is 34.3 Å². The second kappa shape index (κ2) is 7.76. The third kappa shape index (κ3) is 3.48. The number of ether oxygens (including phenoxy) is 2. The summed E-state index contributed by atoms with van der Waals surface area (Å²) in [5.41, 5.74) is 5.51. The Kier molecular flexibility index (Phi) is 5.11.